The van der Waals surface area contributed by atoms with Gasteiger partial charge in [-0.15, -0.1) is 0 Å². The summed E-state index contributed by atoms with van der Waals surface area (Å²) in [6, 6.07) is 14.5. The smallest absolute Gasteiger partial charge is 0.399 e. The number of sulfonamides is 1. The summed E-state index contributed by atoms with van der Waals surface area (Å²) >= 11 is 3.50. The fourth-order valence-corrected chi connectivity index (χ4v) is 7.58. The molecule has 0 bridgehead atoms. The number of pyridine rings is 1. The predicted octanol–water partition coefficient (Wildman–Crippen LogP) is 4.19. The van der Waals surface area contributed by atoms with Gasteiger partial charge in [-0.05, 0) is 73.7 Å². The minimum absolute atomic E-state index is 0.00888. The number of nitrogens with two attached hydrogens (primary N) is 1. The molecule has 0 spiro atoms. The Morgan fingerprint density at radius 3 is 2.38 bits per heavy atom. The van der Waals surface area contributed by atoms with Crippen molar-refractivity contribution in [3.63, 3.8) is 0 Å². The zero-order valence-corrected chi connectivity index (χ0v) is 30.4. The van der Waals surface area contributed by atoms with Crippen LogP contribution < -0.4 is 16.4 Å². The molecule has 0 aliphatic carbocycles. The van der Waals surface area contributed by atoms with Crippen LogP contribution in [0.15, 0.2) is 76.2 Å². The normalized spacial score (nSPS) is 13.3. The number of carbonyl (C=O) groups excluding carboxylic acids is 2. The Morgan fingerprint density at radius 2 is 1.75 bits per heavy atom. The van der Waals surface area contributed by atoms with Crippen LogP contribution in [0.2, 0.25) is 0 Å². The van der Waals surface area contributed by atoms with E-state index in [0.717, 1.165) is 10.0 Å². The van der Waals surface area contributed by atoms with Gasteiger partial charge >= 0.3 is 7.82 Å². The van der Waals surface area contributed by atoms with Gasteiger partial charge < -0.3 is 26.2 Å². The molecule has 0 saturated heterocycles. The zero-order chi connectivity index (χ0) is 35.5. The molecule has 13 nitrogen and oxygen atoms in total. The van der Waals surface area contributed by atoms with Crippen LogP contribution in [0.4, 0.5) is 5.69 Å². The second kappa shape index (κ2) is 18.0. The van der Waals surface area contributed by atoms with E-state index in [4.69, 9.17) is 10.3 Å². The van der Waals surface area contributed by atoms with Crippen molar-refractivity contribution >= 4 is 51.3 Å². The van der Waals surface area contributed by atoms with Gasteiger partial charge in [-0.3, -0.25) is 19.1 Å². The van der Waals surface area contributed by atoms with Crippen molar-refractivity contribution < 1.29 is 36.9 Å². The molecule has 0 saturated carbocycles. The van der Waals surface area contributed by atoms with Gasteiger partial charge in [0.25, 0.3) is 5.91 Å². The van der Waals surface area contributed by atoms with E-state index in [1.165, 1.54) is 28.6 Å². The van der Waals surface area contributed by atoms with Gasteiger partial charge in [-0.2, -0.15) is 4.31 Å². The average molecular weight is 769 g/mol. The molecular formula is C32H43BrN5O8PS. The van der Waals surface area contributed by atoms with Crippen molar-refractivity contribution in [2.45, 2.75) is 63.4 Å². The lowest BCUT2D eigenvalue weighted by Crippen LogP contribution is -2.48. The molecule has 262 valence electrons. The molecule has 48 heavy (non-hydrogen) atoms. The lowest BCUT2D eigenvalue weighted by atomic mass is 10.0. The number of unbranched alkanes of at least 4 members (excludes halogenated alkanes) is 1. The van der Waals surface area contributed by atoms with E-state index in [0.29, 0.717) is 29.8 Å². The number of amides is 2. The van der Waals surface area contributed by atoms with Crippen LogP contribution in [-0.2, 0) is 30.3 Å². The number of anilines is 1. The van der Waals surface area contributed by atoms with Crippen LogP contribution in [0.3, 0.4) is 0 Å². The van der Waals surface area contributed by atoms with Gasteiger partial charge in [0.2, 0.25) is 15.9 Å². The molecule has 16 heteroatoms. The highest BCUT2D eigenvalue weighted by Gasteiger charge is 2.33. The first-order valence-electron chi connectivity index (χ1n) is 15.4. The first kappa shape index (κ1) is 39.3. The topological polar surface area (TPSA) is 201 Å². The summed E-state index contributed by atoms with van der Waals surface area (Å²) in [6.07, 6.45) is 2.78. The highest BCUT2D eigenvalue weighted by atomic mass is 79.9. The molecule has 2 aromatic carbocycles. The third-order valence-electron chi connectivity index (χ3n) is 7.39. The molecule has 1 aromatic heterocycles. The van der Waals surface area contributed by atoms with Gasteiger partial charge in [-0.25, -0.2) is 13.0 Å². The summed E-state index contributed by atoms with van der Waals surface area (Å²) in [6.45, 7) is 5.12. The molecule has 3 rings (SSSR count). The number of phosphoric ester groups is 1. The van der Waals surface area contributed by atoms with Gasteiger partial charge in [0.1, 0.15) is 6.04 Å². The number of rotatable bonds is 18. The van der Waals surface area contributed by atoms with E-state index in [2.05, 4.69) is 31.5 Å². The highest BCUT2D eigenvalue weighted by Crippen LogP contribution is 2.37. The van der Waals surface area contributed by atoms with Crippen molar-refractivity contribution in [2.75, 3.05) is 25.4 Å². The van der Waals surface area contributed by atoms with Crippen LogP contribution in [0.5, 0.6) is 0 Å². The Bertz CT molecular complexity index is 1690. The van der Waals surface area contributed by atoms with E-state index < -0.39 is 48.4 Å². The van der Waals surface area contributed by atoms with Gasteiger partial charge in [0.05, 0.1) is 17.1 Å². The summed E-state index contributed by atoms with van der Waals surface area (Å²) in [5.41, 5.74) is 7.83. The Hall–Kier alpha value is -3.17. The molecule has 2 amide bonds. The molecule has 6 N–H and O–H groups in total. The second-order valence-corrected chi connectivity index (χ2v) is 15.7. The Labute approximate surface area is 290 Å². The van der Waals surface area contributed by atoms with Crippen molar-refractivity contribution in [1.29, 1.82) is 0 Å². The van der Waals surface area contributed by atoms with Crippen molar-refractivity contribution in [3.05, 3.63) is 88.2 Å². The lowest BCUT2D eigenvalue weighted by Gasteiger charge is -2.32. The van der Waals surface area contributed by atoms with Crippen LogP contribution in [0.1, 0.15) is 54.7 Å². The molecule has 3 aromatic rings. The molecule has 2 atom stereocenters. The summed E-state index contributed by atoms with van der Waals surface area (Å²) in [5.74, 6) is -0.958. The molecule has 0 fully saturated rings. The summed E-state index contributed by atoms with van der Waals surface area (Å²) in [7, 11) is -8.99. The van der Waals surface area contributed by atoms with E-state index in [1.54, 1.807) is 25.3 Å². The predicted molar refractivity (Wildman–Crippen MR) is 186 cm³/mol. The molecule has 0 aliphatic rings. The first-order chi connectivity index (χ1) is 22.6. The maximum absolute atomic E-state index is 13.7. The number of carbonyl (C=O) groups is 2. The largest absolute Gasteiger partial charge is 0.469 e. The number of nitrogens with zero attached hydrogens (tertiary/aromatic N) is 2. The van der Waals surface area contributed by atoms with Crippen LogP contribution in [-0.4, -0.2) is 71.1 Å². The number of benzene rings is 2. The van der Waals surface area contributed by atoms with Gasteiger partial charge in [-0.1, -0.05) is 54.4 Å². The number of nitrogens with one attached hydrogen (secondary N) is 2. The number of nitrogen functional groups attached to an aromatic ring is 1. The number of phosphoric acid groups is 1. The average Bonchev–Trinajstić information content (AvgIpc) is 3.01. The third kappa shape index (κ3) is 12.1. The molecule has 0 aliphatic heterocycles. The van der Waals surface area contributed by atoms with E-state index in [9.17, 15) is 32.4 Å². The van der Waals surface area contributed by atoms with E-state index in [-0.39, 0.29) is 36.7 Å². The Morgan fingerprint density at radius 1 is 1.06 bits per heavy atom. The monoisotopic (exact) mass is 767 g/mol. The number of hydrogen-bond donors (Lipinski definition) is 5. The first-order valence-corrected chi connectivity index (χ1v) is 19.2. The van der Waals surface area contributed by atoms with Gasteiger partial charge in [0, 0.05) is 47.6 Å². The standard InChI is InChI=1S/C32H43BrN5O8PS/c1-22(2)20-38(48(44,45)27-15-13-25(34)14-16-27)26(21-46-47(41,42)43)10-6-7-17-36-32(40)30(19-24-9-4-5-12-29(24)33)37-31(39)28-11-8-18-35-23(28)3/h4-5,8-9,11-16,18,22,26,30H,6-7,10,17,19-21,34H2,1-3H3,(H,36,40)(H,37,39)(H2,41,42,43)/t26-,30-/m0/s1. The quantitative estimate of drug-likeness (QED) is 0.0710. The minimum atomic E-state index is -4.90. The number of aryl methyl sites for hydroxylation is 1. The SMILES string of the molecule is Cc1ncccc1C(=O)N[C@@H](Cc1ccccc1Br)C(=O)NCCCC[C@@H](COP(=O)(O)O)N(CC(C)C)S(=O)(=O)c1ccc(N)cc1. The zero-order valence-electron chi connectivity index (χ0n) is 27.1. The maximum Gasteiger partial charge on any atom is 0.469 e. The molecule has 0 radical (unpaired) electrons. The van der Waals surface area contributed by atoms with Crippen molar-refractivity contribution in [2.24, 2.45) is 5.92 Å². The third-order valence-corrected chi connectivity index (χ3v) is 10.6. The summed E-state index contributed by atoms with van der Waals surface area (Å²) in [5, 5.41) is 5.69. The van der Waals surface area contributed by atoms with Gasteiger partial charge in [0.15, 0.2) is 0 Å². The van der Waals surface area contributed by atoms with Crippen LogP contribution in [0, 0.1) is 12.8 Å². The fourth-order valence-electron chi connectivity index (χ4n) is 4.97. The van der Waals surface area contributed by atoms with Crippen molar-refractivity contribution in [1.82, 2.24) is 19.9 Å². The Kier molecular flexibility index (Phi) is 14.7. The Balaban J connectivity index is 1.72. The minimum Gasteiger partial charge on any atom is -0.399 e. The number of halogens is 1. The summed E-state index contributed by atoms with van der Waals surface area (Å²) in [4.78, 5) is 49.5. The van der Waals surface area contributed by atoms with Crippen molar-refractivity contribution in [3.8, 4) is 0 Å². The summed E-state index contributed by atoms with van der Waals surface area (Å²) < 4.78 is 45.8. The molecule has 0 unspecified atom stereocenters. The second-order valence-electron chi connectivity index (χ2n) is 11.7. The maximum atomic E-state index is 13.7. The number of aromatic nitrogens is 1. The van der Waals surface area contributed by atoms with Crippen LogP contribution >= 0.6 is 23.8 Å². The number of hydrogen-bond acceptors (Lipinski definition) is 8. The van der Waals surface area contributed by atoms with E-state index in [1.807, 2.05) is 38.1 Å². The lowest BCUT2D eigenvalue weighted by molar-refractivity contribution is -0.122. The fraction of sp³-hybridized carbons (Fsp3) is 0.406. The van der Waals surface area contributed by atoms with E-state index >= 15 is 0 Å². The highest BCUT2D eigenvalue weighted by molar-refractivity contribution is 9.10. The van der Waals surface area contributed by atoms with Crippen LogP contribution in [0.25, 0.3) is 0 Å². The molecule has 1 heterocycles. The molecular weight excluding hydrogens is 725 g/mol.